The topological polar surface area (TPSA) is 9.23 Å². The summed E-state index contributed by atoms with van der Waals surface area (Å²) in [5, 5.41) is 0. The van der Waals surface area contributed by atoms with Crippen molar-refractivity contribution >= 4 is 15.9 Å². The van der Waals surface area contributed by atoms with Crippen molar-refractivity contribution in [3.8, 4) is 5.75 Å². The maximum absolute atomic E-state index is 5.42. The summed E-state index contributed by atoms with van der Waals surface area (Å²) in [4.78, 5) is 0.471. The largest absolute Gasteiger partial charge is 0.496 e. The van der Waals surface area contributed by atoms with Gasteiger partial charge in [-0.25, -0.2) is 0 Å². The van der Waals surface area contributed by atoms with Crippen LogP contribution in [0.3, 0.4) is 0 Å². The lowest BCUT2D eigenvalue weighted by molar-refractivity contribution is 0.408. The second-order valence-electron chi connectivity index (χ2n) is 5.29. The van der Waals surface area contributed by atoms with Crippen molar-refractivity contribution < 1.29 is 4.74 Å². The average molecular weight is 297 g/mol. The molecule has 17 heavy (non-hydrogen) atoms. The van der Waals surface area contributed by atoms with Gasteiger partial charge in [0.15, 0.2) is 0 Å². The van der Waals surface area contributed by atoms with Gasteiger partial charge in [0.05, 0.1) is 7.11 Å². The van der Waals surface area contributed by atoms with Crippen LogP contribution in [-0.4, -0.2) is 7.11 Å². The lowest BCUT2D eigenvalue weighted by Gasteiger charge is -2.20. The van der Waals surface area contributed by atoms with Gasteiger partial charge in [-0.15, -0.1) is 0 Å². The number of halogens is 1. The molecule has 94 valence electrons. The van der Waals surface area contributed by atoms with Crippen LogP contribution in [0, 0.1) is 25.7 Å². The molecule has 1 aliphatic carbocycles. The minimum absolute atomic E-state index is 0.471. The molecule has 1 aromatic rings. The molecule has 0 aliphatic heterocycles. The molecule has 0 heterocycles. The Bertz CT molecular complexity index is 386. The Morgan fingerprint density at radius 2 is 1.76 bits per heavy atom. The number of hydrogen-bond acceptors (Lipinski definition) is 1. The first-order valence-electron chi connectivity index (χ1n) is 6.33. The van der Waals surface area contributed by atoms with Gasteiger partial charge in [-0.05, 0) is 55.2 Å². The second-order valence-corrected chi connectivity index (χ2v) is 6.27. The molecular weight excluding hydrogens is 276 g/mol. The molecule has 1 nitrogen and oxygen atoms in total. The molecule has 0 N–H and O–H groups in total. The molecule has 2 atom stereocenters. The highest BCUT2D eigenvalue weighted by Crippen LogP contribution is 2.46. The van der Waals surface area contributed by atoms with Gasteiger partial charge >= 0.3 is 0 Å². The highest BCUT2D eigenvalue weighted by molar-refractivity contribution is 9.09. The summed E-state index contributed by atoms with van der Waals surface area (Å²) in [7, 11) is 1.74. The van der Waals surface area contributed by atoms with Crippen LogP contribution >= 0.6 is 15.9 Å². The van der Waals surface area contributed by atoms with Gasteiger partial charge in [0, 0.05) is 4.83 Å². The summed E-state index contributed by atoms with van der Waals surface area (Å²) in [5.74, 6) is 2.66. The summed E-state index contributed by atoms with van der Waals surface area (Å²) in [6.45, 7) is 6.60. The molecule has 1 aliphatic rings. The molecule has 0 amide bonds. The smallest absolute Gasteiger partial charge is 0.124 e. The van der Waals surface area contributed by atoms with Crippen LogP contribution in [0.25, 0.3) is 0 Å². The predicted octanol–water partition coefficient (Wildman–Crippen LogP) is 4.79. The van der Waals surface area contributed by atoms with E-state index < -0.39 is 0 Å². The number of ether oxygens (including phenoxy) is 1. The van der Waals surface area contributed by atoms with Crippen LogP contribution in [0.5, 0.6) is 5.75 Å². The van der Waals surface area contributed by atoms with E-state index in [1.54, 1.807) is 7.11 Å². The van der Waals surface area contributed by atoms with Gasteiger partial charge in [0.25, 0.3) is 0 Å². The lowest BCUT2D eigenvalue weighted by Crippen LogP contribution is -2.06. The van der Waals surface area contributed by atoms with E-state index in [2.05, 4.69) is 48.8 Å². The molecule has 0 spiro atoms. The van der Waals surface area contributed by atoms with E-state index in [-0.39, 0.29) is 0 Å². The summed E-state index contributed by atoms with van der Waals surface area (Å²) < 4.78 is 5.42. The fraction of sp³-hybridized carbons (Fsp3) is 0.600. The standard InChI is InChI=1S/C15H21BrO/c1-9-7-13(8-10(2)15(9)17-4)14(16)11(3)12-5-6-12/h7-8,11-12,14H,5-6H2,1-4H3. The SMILES string of the molecule is COc1c(C)cc(C(Br)C(C)C2CC2)cc1C. The van der Waals surface area contributed by atoms with E-state index in [0.29, 0.717) is 4.83 Å². The summed E-state index contributed by atoms with van der Waals surface area (Å²) >= 11 is 3.87. The second kappa shape index (κ2) is 5.01. The summed E-state index contributed by atoms with van der Waals surface area (Å²) in [6, 6.07) is 4.51. The maximum Gasteiger partial charge on any atom is 0.124 e. The zero-order valence-electron chi connectivity index (χ0n) is 11.1. The molecule has 2 heteroatoms. The zero-order chi connectivity index (χ0) is 12.6. The van der Waals surface area contributed by atoms with Crippen LogP contribution in [-0.2, 0) is 0 Å². The molecule has 0 aromatic heterocycles. The molecule has 0 saturated heterocycles. The highest BCUT2D eigenvalue weighted by atomic mass is 79.9. The van der Waals surface area contributed by atoms with Gasteiger partial charge in [-0.2, -0.15) is 0 Å². The minimum atomic E-state index is 0.471. The Kier molecular flexibility index (Phi) is 3.82. The molecule has 2 rings (SSSR count). The van der Waals surface area contributed by atoms with Crippen molar-refractivity contribution in [2.45, 2.75) is 38.4 Å². The van der Waals surface area contributed by atoms with Crippen LogP contribution in [0.2, 0.25) is 0 Å². The number of hydrogen-bond donors (Lipinski definition) is 0. The molecule has 1 saturated carbocycles. The van der Waals surface area contributed by atoms with Crippen LogP contribution in [0.1, 0.15) is 41.3 Å². The average Bonchev–Trinajstić information content (AvgIpc) is 3.10. The molecular formula is C15H21BrO. The molecule has 1 aromatic carbocycles. The third-order valence-corrected chi connectivity index (χ3v) is 5.19. The van der Waals surface area contributed by atoms with E-state index in [1.807, 2.05) is 0 Å². The Morgan fingerprint density at radius 3 is 2.18 bits per heavy atom. The van der Waals surface area contributed by atoms with Crippen molar-refractivity contribution in [3.05, 3.63) is 28.8 Å². The van der Waals surface area contributed by atoms with Gasteiger partial charge < -0.3 is 4.74 Å². The van der Waals surface area contributed by atoms with Crippen molar-refractivity contribution in [1.29, 1.82) is 0 Å². The van der Waals surface area contributed by atoms with Gasteiger partial charge in [0.2, 0.25) is 0 Å². The van der Waals surface area contributed by atoms with Gasteiger partial charge in [-0.3, -0.25) is 0 Å². The number of alkyl halides is 1. The predicted molar refractivity (Wildman–Crippen MR) is 76.0 cm³/mol. The number of rotatable bonds is 4. The molecule has 0 bridgehead atoms. The monoisotopic (exact) mass is 296 g/mol. The van der Waals surface area contributed by atoms with Gasteiger partial charge in [0.1, 0.15) is 5.75 Å². The minimum Gasteiger partial charge on any atom is -0.496 e. The first-order valence-corrected chi connectivity index (χ1v) is 7.25. The van der Waals surface area contributed by atoms with Crippen molar-refractivity contribution in [1.82, 2.24) is 0 Å². The van der Waals surface area contributed by atoms with Crippen LogP contribution in [0.15, 0.2) is 12.1 Å². The number of methoxy groups -OCH3 is 1. The lowest BCUT2D eigenvalue weighted by atomic mass is 9.94. The van der Waals surface area contributed by atoms with E-state index in [9.17, 15) is 0 Å². The number of aryl methyl sites for hydroxylation is 2. The first-order chi connectivity index (χ1) is 8.04. The Hall–Kier alpha value is -0.500. The Morgan fingerprint density at radius 1 is 1.24 bits per heavy atom. The molecule has 2 unspecified atom stereocenters. The van der Waals surface area contributed by atoms with Crippen molar-refractivity contribution in [2.24, 2.45) is 11.8 Å². The zero-order valence-corrected chi connectivity index (χ0v) is 12.7. The third kappa shape index (κ3) is 2.67. The van der Waals surface area contributed by atoms with Gasteiger partial charge in [-0.1, -0.05) is 35.0 Å². The molecule has 0 radical (unpaired) electrons. The van der Waals surface area contributed by atoms with E-state index >= 15 is 0 Å². The third-order valence-electron chi connectivity index (χ3n) is 3.83. The van der Waals surface area contributed by atoms with E-state index in [1.165, 1.54) is 29.5 Å². The number of benzene rings is 1. The van der Waals surface area contributed by atoms with Crippen LogP contribution in [0.4, 0.5) is 0 Å². The van der Waals surface area contributed by atoms with E-state index in [0.717, 1.165) is 17.6 Å². The quantitative estimate of drug-likeness (QED) is 0.726. The Balaban J connectivity index is 2.26. The first kappa shape index (κ1) is 12.9. The summed E-state index contributed by atoms with van der Waals surface area (Å²) in [5.41, 5.74) is 3.85. The normalized spacial score (nSPS) is 18.9. The van der Waals surface area contributed by atoms with Crippen molar-refractivity contribution in [2.75, 3.05) is 7.11 Å². The Labute approximate surface area is 113 Å². The van der Waals surface area contributed by atoms with Crippen molar-refractivity contribution in [3.63, 3.8) is 0 Å². The van der Waals surface area contributed by atoms with Crippen LogP contribution < -0.4 is 4.74 Å². The summed E-state index contributed by atoms with van der Waals surface area (Å²) in [6.07, 6.45) is 2.80. The fourth-order valence-corrected chi connectivity index (χ4v) is 3.33. The fourth-order valence-electron chi connectivity index (χ4n) is 2.63. The van der Waals surface area contributed by atoms with E-state index in [4.69, 9.17) is 4.74 Å². The maximum atomic E-state index is 5.42. The molecule has 1 fully saturated rings. The highest BCUT2D eigenvalue weighted by Gasteiger charge is 2.33.